The van der Waals surface area contributed by atoms with E-state index in [2.05, 4.69) is 5.32 Å². The zero-order valence-electron chi connectivity index (χ0n) is 15.5. The molecule has 1 heterocycles. The van der Waals surface area contributed by atoms with Gasteiger partial charge in [0.15, 0.2) is 0 Å². The van der Waals surface area contributed by atoms with E-state index in [1.807, 2.05) is 13.8 Å². The summed E-state index contributed by atoms with van der Waals surface area (Å²) in [4.78, 5) is 12.5. The molecule has 26 heavy (non-hydrogen) atoms. The van der Waals surface area contributed by atoms with Gasteiger partial charge in [0.1, 0.15) is 0 Å². The number of benzene rings is 1. The zero-order valence-corrected chi connectivity index (χ0v) is 17.1. The molecule has 1 aromatic carbocycles. The SMILES string of the molecule is CCC(C)C(N)C(=O)NCc1ccccc1S(=O)(=O)N1CCCCC1.Cl. The molecule has 6 nitrogen and oxygen atoms in total. The molecule has 0 aromatic heterocycles. The average molecular weight is 404 g/mol. The lowest BCUT2D eigenvalue weighted by Gasteiger charge is -2.27. The van der Waals surface area contributed by atoms with E-state index in [4.69, 9.17) is 5.73 Å². The van der Waals surface area contributed by atoms with E-state index in [0.717, 1.165) is 25.7 Å². The number of nitrogens with two attached hydrogens (primary N) is 1. The van der Waals surface area contributed by atoms with Crippen LogP contribution in [0.5, 0.6) is 0 Å². The van der Waals surface area contributed by atoms with Crippen LogP contribution in [0.3, 0.4) is 0 Å². The first-order chi connectivity index (χ1) is 11.9. The van der Waals surface area contributed by atoms with Crippen molar-refractivity contribution in [1.29, 1.82) is 0 Å². The van der Waals surface area contributed by atoms with Gasteiger partial charge in [-0.15, -0.1) is 12.4 Å². The predicted octanol–water partition coefficient (Wildman–Crippen LogP) is 2.27. The minimum Gasteiger partial charge on any atom is -0.351 e. The van der Waals surface area contributed by atoms with Gasteiger partial charge in [-0.3, -0.25) is 4.79 Å². The van der Waals surface area contributed by atoms with Crippen molar-refractivity contribution in [2.75, 3.05) is 13.1 Å². The topological polar surface area (TPSA) is 92.5 Å². The zero-order chi connectivity index (χ0) is 18.4. The van der Waals surface area contributed by atoms with Crippen molar-refractivity contribution >= 4 is 28.3 Å². The Morgan fingerprint density at radius 1 is 1.23 bits per heavy atom. The third kappa shape index (κ3) is 5.42. The Kier molecular flexibility index (Phi) is 9.03. The van der Waals surface area contributed by atoms with E-state index in [1.54, 1.807) is 28.6 Å². The number of carbonyl (C=O) groups is 1. The first kappa shape index (κ1) is 22.9. The van der Waals surface area contributed by atoms with Crippen molar-refractivity contribution in [3.05, 3.63) is 29.8 Å². The third-order valence-corrected chi connectivity index (χ3v) is 6.92. The van der Waals surface area contributed by atoms with Gasteiger partial charge >= 0.3 is 0 Å². The van der Waals surface area contributed by atoms with Crippen LogP contribution in [0.2, 0.25) is 0 Å². The quantitative estimate of drug-likeness (QED) is 0.730. The normalized spacial score (nSPS) is 17.8. The van der Waals surface area contributed by atoms with E-state index >= 15 is 0 Å². The first-order valence-electron chi connectivity index (χ1n) is 8.99. The van der Waals surface area contributed by atoms with E-state index in [-0.39, 0.29) is 35.7 Å². The molecular weight excluding hydrogens is 374 g/mol. The Morgan fingerprint density at radius 2 is 1.85 bits per heavy atom. The van der Waals surface area contributed by atoms with E-state index in [9.17, 15) is 13.2 Å². The maximum Gasteiger partial charge on any atom is 0.243 e. The Hall–Kier alpha value is -1.15. The van der Waals surface area contributed by atoms with E-state index < -0.39 is 16.1 Å². The number of hydrogen-bond acceptors (Lipinski definition) is 4. The summed E-state index contributed by atoms with van der Waals surface area (Å²) in [6.07, 6.45) is 3.66. The summed E-state index contributed by atoms with van der Waals surface area (Å²) in [6.45, 7) is 5.19. The number of rotatable bonds is 7. The van der Waals surface area contributed by atoms with Gasteiger partial charge in [-0.2, -0.15) is 4.31 Å². The second-order valence-corrected chi connectivity index (χ2v) is 8.61. The minimum absolute atomic E-state index is 0. The molecule has 1 fully saturated rings. The molecule has 2 atom stereocenters. The molecule has 0 saturated carbocycles. The van der Waals surface area contributed by atoms with Crippen LogP contribution in [0.25, 0.3) is 0 Å². The number of halogens is 1. The summed E-state index contributed by atoms with van der Waals surface area (Å²) in [5.74, 6) is -0.174. The molecule has 2 unspecified atom stereocenters. The van der Waals surface area contributed by atoms with Crippen molar-refractivity contribution in [2.24, 2.45) is 11.7 Å². The second kappa shape index (κ2) is 10.3. The van der Waals surface area contributed by atoms with Crippen molar-refractivity contribution in [3.8, 4) is 0 Å². The van der Waals surface area contributed by atoms with E-state index in [1.165, 1.54) is 0 Å². The Bertz CT molecular complexity index is 691. The fourth-order valence-corrected chi connectivity index (χ4v) is 4.70. The highest BCUT2D eigenvalue weighted by atomic mass is 35.5. The predicted molar refractivity (Wildman–Crippen MR) is 106 cm³/mol. The number of nitrogens with one attached hydrogen (secondary N) is 1. The van der Waals surface area contributed by atoms with Crippen molar-refractivity contribution in [3.63, 3.8) is 0 Å². The first-order valence-corrected chi connectivity index (χ1v) is 10.4. The molecule has 1 aromatic rings. The van der Waals surface area contributed by atoms with Gasteiger partial charge in [0.25, 0.3) is 0 Å². The highest BCUT2D eigenvalue weighted by molar-refractivity contribution is 7.89. The van der Waals surface area contributed by atoms with Crippen LogP contribution in [0.4, 0.5) is 0 Å². The van der Waals surface area contributed by atoms with Crippen molar-refractivity contribution in [2.45, 2.75) is 57.0 Å². The molecule has 0 spiro atoms. The van der Waals surface area contributed by atoms with Crippen molar-refractivity contribution in [1.82, 2.24) is 9.62 Å². The van der Waals surface area contributed by atoms with Crippen LogP contribution < -0.4 is 11.1 Å². The van der Waals surface area contributed by atoms with Gasteiger partial charge in [-0.05, 0) is 30.4 Å². The van der Waals surface area contributed by atoms with Gasteiger partial charge in [0.2, 0.25) is 15.9 Å². The summed E-state index contributed by atoms with van der Waals surface area (Å²) in [5.41, 5.74) is 6.53. The number of hydrogen-bond donors (Lipinski definition) is 2. The van der Waals surface area contributed by atoms with Gasteiger partial charge < -0.3 is 11.1 Å². The Morgan fingerprint density at radius 3 is 2.46 bits per heavy atom. The molecule has 0 bridgehead atoms. The highest BCUT2D eigenvalue weighted by Gasteiger charge is 2.28. The van der Waals surface area contributed by atoms with Crippen LogP contribution >= 0.6 is 12.4 Å². The van der Waals surface area contributed by atoms with Crippen LogP contribution in [-0.4, -0.2) is 37.8 Å². The largest absolute Gasteiger partial charge is 0.351 e. The Balaban J connectivity index is 0.00000338. The number of sulfonamides is 1. The van der Waals surface area contributed by atoms with E-state index in [0.29, 0.717) is 18.7 Å². The number of piperidine rings is 1. The lowest BCUT2D eigenvalue weighted by Crippen LogP contribution is -2.44. The molecule has 1 saturated heterocycles. The summed E-state index contributed by atoms with van der Waals surface area (Å²) >= 11 is 0. The molecule has 1 amide bonds. The van der Waals surface area contributed by atoms with Gasteiger partial charge in [0.05, 0.1) is 10.9 Å². The summed E-state index contributed by atoms with van der Waals surface area (Å²) in [7, 11) is -3.53. The fourth-order valence-electron chi connectivity index (χ4n) is 2.96. The standard InChI is InChI=1S/C18H29N3O3S.ClH/c1-3-14(2)17(19)18(22)20-13-15-9-5-6-10-16(15)25(23,24)21-11-7-4-8-12-21;/h5-6,9-10,14,17H,3-4,7-8,11-13,19H2,1-2H3,(H,20,22);1H. The van der Waals surface area contributed by atoms with Crippen LogP contribution in [-0.2, 0) is 21.4 Å². The van der Waals surface area contributed by atoms with Gasteiger partial charge in [-0.1, -0.05) is 44.9 Å². The molecule has 1 aliphatic rings. The maximum absolute atomic E-state index is 12.9. The second-order valence-electron chi connectivity index (χ2n) is 6.70. The highest BCUT2D eigenvalue weighted by Crippen LogP contribution is 2.23. The molecule has 1 aliphatic heterocycles. The lowest BCUT2D eigenvalue weighted by atomic mass is 9.99. The lowest BCUT2D eigenvalue weighted by molar-refractivity contribution is -0.123. The molecule has 3 N–H and O–H groups in total. The maximum atomic E-state index is 12.9. The fraction of sp³-hybridized carbons (Fsp3) is 0.611. The monoisotopic (exact) mass is 403 g/mol. The smallest absolute Gasteiger partial charge is 0.243 e. The third-order valence-electron chi connectivity index (χ3n) is 4.92. The molecule has 0 radical (unpaired) electrons. The van der Waals surface area contributed by atoms with Gasteiger partial charge in [-0.25, -0.2) is 8.42 Å². The molecule has 8 heteroatoms. The number of carbonyl (C=O) groups excluding carboxylic acids is 1. The molecule has 2 rings (SSSR count). The van der Waals surface area contributed by atoms with Crippen LogP contribution in [0.1, 0.15) is 45.1 Å². The van der Waals surface area contributed by atoms with Crippen molar-refractivity contribution < 1.29 is 13.2 Å². The Labute approximate surface area is 163 Å². The van der Waals surface area contributed by atoms with Gasteiger partial charge in [0, 0.05) is 19.6 Å². The molecule has 0 aliphatic carbocycles. The van der Waals surface area contributed by atoms with Crippen LogP contribution in [0.15, 0.2) is 29.2 Å². The van der Waals surface area contributed by atoms with Crippen LogP contribution in [0, 0.1) is 5.92 Å². The molecular formula is C18H30ClN3O3S. The average Bonchev–Trinajstić information content (AvgIpc) is 2.65. The number of nitrogens with zero attached hydrogens (tertiary/aromatic N) is 1. The summed E-state index contributed by atoms with van der Waals surface area (Å²) in [5, 5.41) is 2.78. The minimum atomic E-state index is -3.53. The number of amides is 1. The summed E-state index contributed by atoms with van der Waals surface area (Å²) in [6, 6.07) is 6.26. The molecule has 148 valence electrons. The summed E-state index contributed by atoms with van der Waals surface area (Å²) < 4.78 is 27.4.